The number of hydrogen-bond donors (Lipinski definition) is 0. The van der Waals surface area contributed by atoms with Crippen LogP contribution in [0.2, 0.25) is 0 Å². The molecule has 0 radical (unpaired) electrons. The summed E-state index contributed by atoms with van der Waals surface area (Å²) in [6.45, 7) is 4.70. The fourth-order valence-corrected chi connectivity index (χ4v) is 6.92. The van der Waals surface area contributed by atoms with Crippen LogP contribution in [0.15, 0.2) is 144 Å². The molecule has 0 amide bonds. The number of allylic oxidation sites excluding steroid dienone is 3. The van der Waals surface area contributed by atoms with Crippen LogP contribution >= 0.6 is 0 Å². The van der Waals surface area contributed by atoms with Gasteiger partial charge in [0.05, 0.1) is 11.1 Å². The van der Waals surface area contributed by atoms with Gasteiger partial charge in [-0.25, -0.2) is 0 Å². The van der Waals surface area contributed by atoms with Crippen LogP contribution in [0.1, 0.15) is 42.9 Å². The highest BCUT2D eigenvalue weighted by atomic mass is 16.3. The van der Waals surface area contributed by atoms with E-state index in [1.165, 1.54) is 33.5 Å². The zero-order valence-electron chi connectivity index (χ0n) is 23.3. The highest BCUT2D eigenvalue weighted by Gasteiger charge is 2.36. The maximum atomic E-state index is 6.33. The van der Waals surface area contributed by atoms with Crippen LogP contribution in [0.5, 0.6) is 0 Å². The number of furan rings is 1. The summed E-state index contributed by atoms with van der Waals surface area (Å²) in [5, 5.41) is 2.28. The first-order valence-electron chi connectivity index (χ1n) is 14.5. The van der Waals surface area contributed by atoms with Crippen LogP contribution < -0.4 is 4.90 Å². The van der Waals surface area contributed by atoms with Crippen LogP contribution in [0.25, 0.3) is 33.1 Å². The highest BCUT2D eigenvalue weighted by Crippen LogP contribution is 2.51. The predicted octanol–water partition coefficient (Wildman–Crippen LogP) is 10.7. The summed E-state index contributed by atoms with van der Waals surface area (Å²) in [7, 11) is 0. The number of para-hydroxylation sites is 1. The molecular formula is C39H31NO. The van der Waals surface area contributed by atoms with Gasteiger partial charge in [-0.05, 0) is 70.6 Å². The molecule has 2 aliphatic rings. The van der Waals surface area contributed by atoms with Gasteiger partial charge in [-0.1, -0.05) is 111 Å². The van der Waals surface area contributed by atoms with Crippen molar-refractivity contribution < 1.29 is 4.42 Å². The van der Waals surface area contributed by atoms with E-state index >= 15 is 0 Å². The number of fused-ring (bicyclic) bond motifs is 6. The standard InChI is InChI=1S/C39H31NO/c1-39(2)33-15-8-6-13-30(33)31-24-23-29(25-34(31)39)40(28-21-19-27(20-22-28)26-11-4-3-5-12-26)35-16-10-18-37-38(35)32-14-7-9-17-36(32)41-37/h3-19,21-25,27H,20H2,1-2H3. The molecule has 0 saturated heterocycles. The number of anilines is 2. The minimum atomic E-state index is -0.0723. The Morgan fingerprint density at radius 3 is 2.32 bits per heavy atom. The molecule has 2 aliphatic carbocycles. The van der Waals surface area contributed by atoms with Crippen molar-refractivity contribution in [2.45, 2.75) is 31.6 Å². The Labute approximate surface area is 240 Å². The van der Waals surface area contributed by atoms with Crippen molar-refractivity contribution in [2.24, 2.45) is 0 Å². The van der Waals surface area contributed by atoms with E-state index in [1.807, 2.05) is 6.07 Å². The van der Waals surface area contributed by atoms with Crippen molar-refractivity contribution >= 4 is 33.3 Å². The smallest absolute Gasteiger partial charge is 0.137 e. The third kappa shape index (κ3) is 3.71. The lowest BCUT2D eigenvalue weighted by Crippen LogP contribution is -2.19. The molecule has 8 rings (SSSR count). The van der Waals surface area contributed by atoms with Crippen molar-refractivity contribution in [3.8, 4) is 11.1 Å². The largest absolute Gasteiger partial charge is 0.456 e. The Bertz CT molecular complexity index is 2010. The summed E-state index contributed by atoms with van der Waals surface area (Å²) in [6.07, 6.45) is 8.01. The molecule has 1 unspecified atom stereocenters. The molecule has 1 atom stereocenters. The maximum Gasteiger partial charge on any atom is 0.137 e. The van der Waals surface area contributed by atoms with Crippen LogP contribution in [0.4, 0.5) is 11.4 Å². The number of rotatable bonds is 4. The van der Waals surface area contributed by atoms with E-state index in [1.54, 1.807) is 0 Å². The highest BCUT2D eigenvalue weighted by molar-refractivity contribution is 6.12. The second kappa shape index (κ2) is 9.11. The van der Waals surface area contributed by atoms with E-state index in [4.69, 9.17) is 4.42 Å². The third-order valence-electron chi connectivity index (χ3n) is 9.01. The minimum absolute atomic E-state index is 0.0723. The SMILES string of the molecule is CC1(C)c2ccccc2-c2ccc(N(C3=CCC(c4ccccc4)C=C3)c3cccc4oc5ccccc5c34)cc21. The first kappa shape index (κ1) is 24.0. The Balaban J connectivity index is 1.32. The summed E-state index contributed by atoms with van der Waals surface area (Å²) in [6, 6.07) is 41.4. The van der Waals surface area contributed by atoms with Crippen LogP contribution in [0, 0.1) is 0 Å². The molecule has 5 aromatic carbocycles. The van der Waals surface area contributed by atoms with E-state index in [2.05, 4.69) is 146 Å². The lowest BCUT2D eigenvalue weighted by atomic mass is 9.82. The zero-order chi connectivity index (χ0) is 27.6. The Kier molecular flexibility index (Phi) is 5.33. The van der Waals surface area contributed by atoms with Gasteiger partial charge in [-0.3, -0.25) is 0 Å². The van der Waals surface area contributed by atoms with Crippen molar-refractivity contribution in [3.05, 3.63) is 156 Å². The Hall–Kier alpha value is -4.82. The molecule has 0 saturated carbocycles. The molecule has 0 spiro atoms. The van der Waals surface area contributed by atoms with Gasteiger partial charge in [0.15, 0.2) is 0 Å². The van der Waals surface area contributed by atoms with Crippen LogP contribution in [-0.2, 0) is 5.41 Å². The molecule has 2 nitrogen and oxygen atoms in total. The molecule has 41 heavy (non-hydrogen) atoms. The van der Waals surface area contributed by atoms with Gasteiger partial charge in [-0.15, -0.1) is 0 Å². The van der Waals surface area contributed by atoms with Gasteiger partial charge in [0.1, 0.15) is 11.2 Å². The van der Waals surface area contributed by atoms with E-state index < -0.39 is 0 Å². The topological polar surface area (TPSA) is 16.4 Å². The number of hydrogen-bond acceptors (Lipinski definition) is 2. The molecule has 2 heteroatoms. The quantitative estimate of drug-likeness (QED) is 0.226. The first-order valence-corrected chi connectivity index (χ1v) is 14.5. The normalized spacial score (nSPS) is 16.9. The number of benzene rings is 5. The molecule has 6 aromatic rings. The maximum absolute atomic E-state index is 6.33. The first-order chi connectivity index (χ1) is 20.1. The molecule has 1 aromatic heterocycles. The summed E-state index contributed by atoms with van der Waals surface area (Å²) < 4.78 is 6.33. The monoisotopic (exact) mass is 529 g/mol. The molecular weight excluding hydrogens is 498 g/mol. The molecule has 0 aliphatic heterocycles. The number of nitrogens with zero attached hydrogens (tertiary/aromatic N) is 1. The summed E-state index contributed by atoms with van der Waals surface area (Å²) in [5.74, 6) is 0.376. The van der Waals surface area contributed by atoms with Gasteiger partial charge in [0, 0.05) is 28.1 Å². The second-order valence-corrected chi connectivity index (χ2v) is 11.7. The minimum Gasteiger partial charge on any atom is -0.456 e. The fourth-order valence-electron chi connectivity index (χ4n) is 6.92. The summed E-state index contributed by atoms with van der Waals surface area (Å²) >= 11 is 0. The Morgan fingerprint density at radius 2 is 1.46 bits per heavy atom. The van der Waals surface area contributed by atoms with Crippen molar-refractivity contribution in [2.75, 3.05) is 4.90 Å². The summed E-state index contributed by atoms with van der Waals surface area (Å²) in [4.78, 5) is 2.43. The fraction of sp³-hybridized carbons (Fsp3) is 0.128. The van der Waals surface area contributed by atoms with E-state index in [0.717, 1.165) is 39.7 Å². The average Bonchev–Trinajstić information content (AvgIpc) is 3.51. The van der Waals surface area contributed by atoms with Crippen LogP contribution in [0.3, 0.4) is 0 Å². The average molecular weight is 530 g/mol. The van der Waals surface area contributed by atoms with Gasteiger partial charge in [-0.2, -0.15) is 0 Å². The molecule has 1 heterocycles. The molecule has 0 bridgehead atoms. The van der Waals surface area contributed by atoms with Gasteiger partial charge >= 0.3 is 0 Å². The van der Waals surface area contributed by atoms with Gasteiger partial charge in [0.25, 0.3) is 0 Å². The third-order valence-corrected chi connectivity index (χ3v) is 9.01. The lowest BCUT2D eigenvalue weighted by molar-refractivity contribution is 0.660. The predicted molar refractivity (Wildman–Crippen MR) is 171 cm³/mol. The van der Waals surface area contributed by atoms with Crippen molar-refractivity contribution in [1.82, 2.24) is 0 Å². The Morgan fingerprint density at radius 1 is 0.707 bits per heavy atom. The van der Waals surface area contributed by atoms with Gasteiger partial charge in [0.2, 0.25) is 0 Å². The molecule has 0 N–H and O–H groups in total. The van der Waals surface area contributed by atoms with Crippen LogP contribution in [-0.4, -0.2) is 0 Å². The van der Waals surface area contributed by atoms with E-state index in [9.17, 15) is 0 Å². The van der Waals surface area contributed by atoms with E-state index in [-0.39, 0.29) is 5.41 Å². The lowest BCUT2D eigenvalue weighted by Gasteiger charge is -2.31. The molecule has 198 valence electrons. The zero-order valence-corrected chi connectivity index (χ0v) is 23.3. The van der Waals surface area contributed by atoms with Gasteiger partial charge < -0.3 is 9.32 Å². The van der Waals surface area contributed by atoms with Crippen molar-refractivity contribution in [3.63, 3.8) is 0 Å². The summed E-state index contributed by atoms with van der Waals surface area (Å²) in [5.41, 5.74) is 12.0. The molecule has 0 fully saturated rings. The second-order valence-electron chi connectivity index (χ2n) is 11.7. The van der Waals surface area contributed by atoms with E-state index in [0.29, 0.717) is 5.92 Å². The van der Waals surface area contributed by atoms with Crippen molar-refractivity contribution in [1.29, 1.82) is 0 Å².